The van der Waals surface area contributed by atoms with Crippen LogP contribution in [0.25, 0.3) is 0 Å². The van der Waals surface area contributed by atoms with Gasteiger partial charge in [-0.3, -0.25) is 0 Å². The van der Waals surface area contributed by atoms with Crippen LogP contribution in [0, 0.1) is 17.5 Å². The summed E-state index contributed by atoms with van der Waals surface area (Å²) in [6.07, 6.45) is 0.0345. The van der Waals surface area contributed by atoms with Gasteiger partial charge in [0, 0.05) is 6.04 Å². The molecule has 2 aromatic rings. The molecule has 0 aliphatic rings. The van der Waals surface area contributed by atoms with Crippen molar-refractivity contribution in [2.24, 2.45) is 5.73 Å². The molecule has 100 valence electrons. The number of hydrogen-bond acceptors (Lipinski definition) is 1. The SMILES string of the molecule is NC(Cc1cccc(F)c1F)c1cccc(F)c1Cl. The van der Waals surface area contributed by atoms with E-state index in [1.165, 1.54) is 24.3 Å². The number of hydrogen-bond donors (Lipinski definition) is 1. The predicted octanol–water partition coefficient (Wildman–Crippen LogP) is 4.00. The van der Waals surface area contributed by atoms with E-state index < -0.39 is 23.5 Å². The first kappa shape index (κ1) is 13.9. The summed E-state index contributed by atoms with van der Waals surface area (Å²) in [4.78, 5) is 0. The van der Waals surface area contributed by atoms with Crippen LogP contribution in [0.5, 0.6) is 0 Å². The lowest BCUT2D eigenvalue weighted by molar-refractivity contribution is 0.494. The minimum Gasteiger partial charge on any atom is -0.324 e. The van der Waals surface area contributed by atoms with Crippen molar-refractivity contribution in [3.8, 4) is 0 Å². The van der Waals surface area contributed by atoms with Crippen LogP contribution in [0.1, 0.15) is 17.2 Å². The molecule has 0 aliphatic heterocycles. The third-order valence-corrected chi connectivity index (χ3v) is 3.25. The monoisotopic (exact) mass is 285 g/mol. The van der Waals surface area contributed by atoms with E-state index in [0.29, 0.717) is 5.56 Å². The Balaban J connectivity index is 2.28. The Hall–Kier alpha value is -1.52. The fourth-order valence-corrected chi connectivity index (χ4v) is 2.13. The zero-order chi connectivity index (χ0) is 14.0. The Morgan fingerprint density at radius 2 is 1.63 bits per heavy atom. The highest BCUT2D eigenvalue weighted by Gasteiger charge is 2.16. The lowest BCUT2D eigenvalue weighted by Crippen LogP contribution is -2.15. The zero-order valence-corrected chi connectivity index (χ0v) is 10.6. The van der Waals surface area contributed by atoms with E-state index in [0.717, 1.165) is 6.07 Å². The molecular formula is C14H11ClF3N. The summed E-state index contributed by atoms with van der Waals surface area (Å²) in [5, 5.41) is -0.0909. The third kappa shape index (κ3) is 2.91. The topological polar surface area (TPSA) is 26.0 Å². The first-order chi connectivity index (χ1) is 9.00. The molecule has 1 atom stereocenters. The van der Waals surface area contributed by atoms with Gasteiger partial charge in [-0.05, 0) is 29.7 Å². The van der Waals surface area contributed by atoms with E-state index in [4.69, 9.17) is 17.3 Å². The summed E-state index contributed by atoms with van der Waals surface area (Å²) in [6, 6.07) is 7.39. The van der Waals surface area contributed by atoms with Gasteiger partial charge in [0.1, 0.15) is 5.82 Å². The van der Waals surface area contributed by atoms with Gasteiger partial charge in [0.2, 0.25) is 0 Å². The van der Waals surface area contributed by atoms with Gasteiger partial charge < -0.3 is 5.73 Å². The summed E-state index contributed by atoms with van der Waals surface area (Å²) >= 11 is 5.80. The summed E-state index contributed by atoms with van der Waals surface area (Å²) in [7, 11) is 0. The van der Waals surface area contributed by atoms with Gasteiger partial charge in [0.05, 0.1) is 5.02 Å². The van der Waals surface area contributed by atoms with E-state index in [1.54, 1.807) is 6.07 Å². The maximum atomic E-state index is 13.5. The molecule has 0 fully saturated rings. The van der Waals surface area contributed by atoms with Gasteiger partial charge in [-0.2, -0.15) is 0 Å². The van der Waals surface area contributed by atoms with E-state index in [1.807, 2.05) is 0 Å². The highest BCUT2D eigenvalue weighted by atomic mass is 35.5. The first-order valence-electron chi connectivity index (χ1n) is 5.63. The molecule has 19 heavy (non-hydrogen) atoms. The van der Waals surface area contributed by atoms with Crippen LogP contribution in [0.3, 0.4) is 0 Å². The average molecular weight is 286 g/mol. The van der Waals surface area contributed by atoms with E-state index in [9.17, 15) is 13.2 Å². The first-order valence-corrected chi connectivity index (χ1v) is 6.01. The second kappa shape index (κ2) is 5.63. The molecule has 2 rings (SSSR count). The summed E-state index contributed by atoms with van der Waals surface area (Å²) in [5.74, 6) is -2.46. The van der Waals surface area contributed by atoms with Gasteiger partial charge in [0.25, 0.3) is 0 Å². The second-order valence-electron chi connectivity index (χ2n) is 4.17. The van der Waals surface area contributed by atoms with E-state index >= 15 is 0 Å². The van der Waals surface area contributed by atoms with Crippen molar-refractivity contribution in [1.29, 1.82) is 0 Å². The Labute approximate surface area is 113 Å². The predicted molar refractivity (Wildman–Crippen MR) is 68.4 cm³/mol. The quantitative estimate of drug-likeness (QED) is 0.906. The Morgan fingerprint density at radius 1 is 1.00 bits per heavy atom. The standard InChI is InChI=1S/C14H11ClF3N/c15-13-9(4-2-5-10(13)16)12(19)7-8-3-1-6-11(17)14(8)18/h1-6,12H,7,19H2. The summed E-state index contributed by atoms with van der Waals surface area (Å²) in [5.41, 5.74) is 6.37. The van der Waals surface area contributed by atoms with Crippen LogP contribution >= 0.6 is 11.6 Å². The highest BCUT2D eigenvalue weighted by Crippen LogP contribution is 2.27. The number of nitrogens with two attached hydrogens (primary N) is 1. The Kier molecular flexibility index (Phi) is 4.12. The maximum absolute atomic E-state index is 13.5. The van der Waals surface area contributed by atoms with Crippen molar-refractivity contribution < 1.29 is 13.2 Å². The summed E-state index contributed by atoms with van der Waals surface area (Å²) in [6.45, 7) is 0. The molecule has 0 heterocycles. The van der Waals surface area contributed by atoms with Crippen LogP contribution in [0.4, 0.5) is 13.2 Å². The van der Waals surface area contributed by atoms with Crippen molar-refractivity contribution in [3.63, 3.8) is 0 Å². The second-order valence-corrected chi connectivity index (χ2v) is 4.54. The summed E-state index contributed by atoms with van der Waals surface area (Å²) < 4.78 is 39.9. The minimum absolute atomic E-state index is 0.0345. The molecule has 0 radical (unpaired) electrons. The van der Waals surface area contributed by atoms with Gasteiger partial charge in [-0.15, -0.1) is 0 Å². The van der Waals surface area contributed by atoms with Crippen molar-refractivity contribution >= 4 is 11.6 Å². The van der Waals surface area contributed by atoms with Crippen LogP contribution < -0.4 is 5.73 Å². The molecule has 0 bridgehead atoms. The third-order valence-electron chi connectivity index (χ3n) is 2.85. The lowest BCUT2D eigenvalue weighted by atomic mass is 9.99. The molecule has 2 N–H and O–H groups in total. The van der Waals surface area contributed by atoms with Gasteiger partial charge >= 0.3 is 0 Å². The fourth-order valence-electron chi connectivity index (χ4n) is 1.86. The number of benzene rings is 2. The van der Waals surface area contributed by atoms with Gasteiger partial charge in [0.15, 0.2) is 11.6 Å². The molecule has 1 nitrogen and oxygen atoms in total. The molecule has 0 spiro atoms. The highest BCUT2D eigenvalue weighted by molar-refractivity contribution is 6.31. The molecular weight excluding hydrogens is 275 g/mol. The van der Waals surface area contributed by atoms with Gasteiger partial charge in [-0.25, -0.2) is 13.2 Å². The van der Waals surface area contributed by atoms with Crippen molar-refractivity contribution in [1.82, 2.24) is 0 Å². The number of rotatable bonds is 3. The number of halogens is 4. The molecule has 0 saturated carbocycles. The molecule has 0 amide bonds. The van der Waals surface area contributed by atoms with Gasteiger partial charge in [-0.1, -0.05) is 35.9 Å². The maximum Gasteiger partial charge on any atom is 0.162 e. The molecule has 0 aromatic heterocycles. The normalized spacial score (nSPS) is 12.5. The van der Waals surface area contributed by atoms with Crippen molar-refractivity contribution in [2.45, 2.75) is 12.5 Å². The van der Waals surface area contributed by atoms with E-state index in [-0.39, 0.29) is 17.0 Å². The largest absolute Gasteiger partial charge is 0.324 e. The van der Waals surface area contributed by atoms with Crippen LogP contribution in [-0.2, 0) is 6.42 Å². The zero-order valence-electron chi connectivity index (χ0n) is 9.84. The van der Waals surface area contributed by atoms with Crippen molar-refractivity contribution in [2.75, 3.05) is 0 Å². The smallest absolute Gasteiger partial charge is 0.162 e. The Bertz CT molecular complexity index is 601. The van der Waals surface area contributed by atoms with Crippen LogP contribution in [0.15, 0.2) is 36.4 Å². The Morgan fingerprint density at radius 3 is 2.37 bits per heavy atom. The molecule has 0 saturated heterocycles. The molecule has 1 unspecified atom stereocenters. The van der Waals surface area contributed by atoms with E-state index in [2.05, 4.69) is 0 Å². The van der Waals surface area contributed by atoms with Crippen LogP contribution in [0.2, 0.25) is 5.02 Å². The lowest BCUT2D eigenvalue weighted by Gasteiger charge is -2.14. The minimum atomic E-state index is -0.939. The molecule has 5 heteroatoms. The van der Waals surface area contributed by atoms with Crippen LogP contribution in [-0.4, -0.2) is 0 Å². The van der Waals surface area contributed by atoms with Crippen molar-refractivity contribution in [3.05, 3.63) is 70.0 Å². The fraction of sp³-hybridized carbons (Fsp3) is 0.143. The average Bonchev–Trinajstić information content (AvgIpc) is 2.38. The molecule has 0 aliphatic carbocycles. The molecule has 2 aromatic carbocycles.